The van der Waals surface area contributed by atoms with Crippen molar-refractivity contribution in [2.24, 2.45) is 0 Å². The number of nitrogens with two attached hydrogens (primary N) is 1. The number of aromatic nitrogens is 2. The highest BCUT2D eigenvalue weighted by Gasteiger charge is 2.08. The number of hydrogen-bond acceptors (Lipinski definition) is 3. The lowest BCUT2D eigenvalue weighted by Gasteiger charge is -2.10. The second-order valence-corrected chi connectivity index (χ2v) is 4.98. The third-order valence-corrected chi connectivity index (χ3v) is 3.29. The van der Waals surface area contributed by atoms with Crippen molar-refractivity contribution in [3.8, 4) is 17.0 Å². The Labute approximate surface area is 123 Å². The molecule has 3 aromatic rings. The van der Waals surface area contributed by atoms with Crippen LogP contribution in [-0.4, -0.2) is 10.2 Å². The highest BCUT2D eigenvalue weighted by Crippen LogP contribution is 2.29. The lowest BCUT2D eigenvalue weighted by atomic mass is 10.1. The molecule has 3 N–H and O–H groups in total. The van der Waals surface area contributed by atoms with Gasteiger partial charge in [0.15, 0.2) is 0 Å². The van der Waals surface area contributed by atoms with Crippen LogP contribution in [0.5, 0.6) is 5.75 Å². The number of aromatic amines is 1. The summed E-state index contributed by atoms with van der Waals surface area (Å²) < 4.78 is 5.94. The summed E-state index contributed by atoms with van der Waals surface area (Å²) in [5, 5.41) is 6.87. The minimum Gasteiger partial charge on any atom is -0.488 e. The molecule has 0 spiro atoms. The lowest BCUT2D eigenvalue weighted by molar-refractivity contribution is 0.307. The molecular formula is C17H17N3O. The Morgan fingerprint density at radius 2 is 1.86 bits per heavy atom. The summed E-state index contributed by atoms with van der Waals surface area (Å²) in [6.45, 7) is 2.60. The Kier molecular flexibility index (Phi) is 3.60. The maximum atomic E-state index is 5.94. The van der Waals surface area contributed by atoms with Crippen LogP contribution in [-0.2, 0) is 6.61 Å². The van der Waals surface area contributed by atoms with Gasteiger partial charge in [0.1, 0.15) is 18.2 Å². The van der Waals surface area contributed by atoms with Gasteiger partial charge in [0.2, 0.25) is 0 Å². The summed E-state index contributed by atoms with van der Waals surface area (Å²) in [6.07, 6.45) is 0. The van der Waals surface area contributed by atoms with Gasteiger partial charge < -0.3 is 10.5 Å². The normalized spacial score (nSPS) is 10.5. The second kappa shape index (κ2) is 5.71. The van der Waals surface area contributed by atoms with Gasteiger partial charge in [-0.2, -0.15) is 5.10 Å². The minimum atomic E-state index is 0.471. The largest absolute Gasteiger partial charge is 0.488 e. The zero-order valence-electron chi connectivity index (χ0n) is 11.8. The number of anilines is 1. The van der Waals surface area contributed by atoms with Crippen LogP contribution in [0.15, 0.2) is 54.6 Å². The number of rotatable bonds is 4. The molecule has 0 saturated heterocycles. The SMILES string of the molecule is Cc1ccc(COc2ccccc2-c2cc(N)n[nH]2)cc1. The molecule has 0 amide bonds. The molecule has 0 bridgehead atoms. The van der Waals surface area contributed by atoms with Gasteiger partial charge in [-0.3, -0.25) is 5.10 Å². The predicted octanol–water partition coefficient (Wildman–Crippen LogP) is 3.55. The topological polar surface area (TPSA) is 63.9 Å². The molecular weight excluding hydrogens is 262 g/mol. The van der Waals surface area contributed by atoms with Crippen LogP contribution in [0.25, 0.3) is 11.3 Å². The van der Waals surface area contributed by atoms with E-state index in [2.05, 4.69) is 41.4 Å². The van der Waals surface area contributed by atoms with E-state index in [-0.39, 0.29) is 0 Å². The summed E-state index contributed by atoms with van der Waals surface area (Å²) in [6, 6.07) is 18.0. The highest BCUT2D eigenvalue weighted by molar-refractivity contribution is 5.68. The molecule has 106 valence electrons. The summed E-state index contributed by atoms with van der Waals surface area (Å²) in [7, 11) is 0. The molecule has 21 heavy (non-hydrogen) atoms. The standard InChI is InChI=1S/C17H17N3O/c1-12-6-8-13(9-7-12)11-21-16-5-3-2-4-14(16)15-10-17(18)20-19-15/h2-10H,11H2,1H3,(H3,18,19,20). The fraction of sp³-hybridized carbons (Fsp3) is 0.118. The smallest absolute Gasteiger partial charge is 0.145 e. The first-order valence-corrected chi connectivity index (χ1v) is 6.81. The molecule has 0 fully saturated rings. The Bertz CT molecular complexity index is 732. The van der Waals surface area contributed by atoms with Crippen LogP contribution in [0.4, 0.5) is 5.82 Å². The van der Waals surface area contributed by atoms with Crippen LogP contribution >= 0.6 is 0 Å². The summed E-state index contributed by atoms with van der Waals surface area (Å²) in [4.78, 5) is 0. The fourth-order valence-electron chi connectivity index (χ4n) is 2.14. The van der Waals surface area contributed by atoms with Crippen molar-refractivity contribution in [3.05, 3.63) is 65.7 Å². The molecule has 0 aliphatic carbocycles. The van der Waals surface area contributed by atoms with E-state index < -0.39 is 0 Å². The van der Waals surface area contributed by atoms with E-state index >= 15 is 0 Å². The van der Waals surface area contributed by atoms with E-state index in [4.69, 9.17) is 10.5 Å². The summed E-state index contributed by atoms with van der Waals surface area (Å²) in [5.41, 5.74) is 9.85. The number of ether oxygens (including phenoxy) is 1. The molecule has 0 aliphatic rings. The number of hydrogen-bond donors (Lipinski definition) is 2. The zero-order chi connectivity index (χ0) is 14.7. The number of benzene rings is 2. The van der Waals surface area contributed by atoms with Crippen molar-refractivity contribution < 1.29 is 4.74 Å². The Hall–Kier alpha value is -2.75. The fourth-order valence-corrected chi connectivity index (χ4v) is 2.14. The third kappa shape index (κ3) is 3.05. The number of nitrogen functional groups attached to an aromatic ring is 1. The first kappa shape index (κ1) is 13.2. The number of nitrogens with zero attached hydrogens (tertiary/aromatic N) is 1. The van der Waals surface area contributed by atoms with Gasteiger partial charge in [-0.25, -0.2) is 0 Å². The van der Waals surface area contributed by atoms with E-state index in [1.807, 2.05) is 24.3 Å². The average Bonchev–Trinajstić information content (AvgIpc) is 2.93. The number of para-hydroxylation sites is 1. The van der Waals surface area contributed by atoms with Crippen molar-refractivity contribution in [2.75, 3.05) is 5.73 Å². The van der Waals surface area contributed by atoms with Gasteiger partial charge in [0.05, 0.1) is 5.69 Å². The predicted molar refractivity (Wildman–Crippen MR) is 83.9 cm³/mol. The van der Waals surface area contributed by atoms with Crippen LogP contribution in [0.3, 0.4) is 0 Å². The van der Waals surface area contributed by atoms with Crippen LogP contribution < -0.4 is 10.5 Å². The minimum absolute atomic E-state index is 0.471. The molecule has 0 unspecified atom stereocenters. The van der Waals surface area contributed by atoms with E-state index in [9.17, 15) is 0 Å². The lowest BCUT2D eigenvalue weighted by Crippen LogP contribution is -1.97. The van der Waals surface area contributed by atoms with Gasteiger partial charge in [-0.1, -0.05) is 42.0 Å². The quantitative estimate of drug-likeness (QED) is 0.767. The highest BCUT2D eigenvalue weighted by atomic mass is 16.5. The molecule has 1 aromatic heterocycles. The maximum Gasteiger partial charge on any atom is 0.145 e. The van der Waals surface area contributed by atoms with Gasteiger partial charge in [0, 0.05) is 11.6 Å². The van der Waals surface area contributed by atoms with Crippen LogP contribution in [0, 0.1) is 6.92 Å². The van der Waals surface area contributed by atoms with Crippen molar-refractivity contribution in [1.29, 1.82) is 0 Å². The van der Waals surface area contributed by atoms with Gasteiger partial charge in [-0.05, 0) is 24.6 Å². The van der Waals surface area contributed by atoms with E-state index in [1.165, 1.54) is 5.56 Å². The van der Waals surface area contributed by atoms with Crippen molar-refractivity contribution in [3.63, 3.8) is 0 Å². The molecule has 2 aromatic carbocycles. The van der Waals surface area contributed by atoms with E-state index in [1.54, 1.807) is 6.07 Å². The van der Waals surface area contributed by atoms with Crippen LogP contribution in [0.2, 0.25) is 0 Å². The molecule has 4 nitrogen and oxygen atoms in total. The van der Waals surface area contributed by atoms with Gasteiger partial charge in [0.25, 0.3) is 0 Å². The van der Waals surface area contributed by atoms with Gasteiger partial charge >= 0.3 is 0 Å². The third-order valence-electron chi connectivity index (χ3n) is 3.29. The first-order chi connectivity index (χ1) is 10.2. The molecule has 3 rings (SSSR count). The summed E-state index contributed by atoms with van der Waals surface area (Å²) >= 11 is 0. The number of H-pyrrole nitrogens is 1. The number of aryl methyl sites for hydroxylation is 1. The number of nitrogens with one attached hydrogen (secondary N) is 1. The van der Waals surface area contributed by atoms with Crippen molar-refractivity contribution in [2.45, 2.75) is 13.5 Å². The summed E-state index contributed by atoms with van der Waals surface area (Å²) in [5.74, 6) is 1.28. The average molecular weight is 279 g/mol. The van der Waals surface area contributed by atoms with Gasteiger partial charge in [-0.15, -0.1) is 0 Å². The molecule has 1 heterocycles. The molecule has 0 atom stereocenters. The van der Waals surface area contributed by atoms with E-state index in [0.717, 1.165) is 22.6 Å². The Morgan fingerprint density at radius 1 is 1.10 bits per heavy atom. The molecule has 4 heteroatoms. The van der Waals surface area contributed by atoms with Crippen molar-refractivity contribution >= 4 is 5.82 Å². The van der Waals surface area contributed by atoms with Crippen LogP contribution in [0.1, 0.15) is 11.1 Å². The molecule has 0 saturated carbocycles. The maximum absolute atomic E-state index is 5.94. The first-order valence-electron chi connectivity index (χ1n) is 6.81. The van der Waals surface area contributed by atoms with E-state index in [0.29, 0.717) is 12.4 Å². The second-order valence-electron chi connectivity index (χ2n) is 4.98. The Balaban J connectivity index is 1.81. The molecule has 0 radical (unpaired) electrons. The van der Waals surface area contributed by atoms with Crippen molar-refractivity contribution in [1.82, 2.24) is 10.2 Å². The molecule has 0 aliphatic heterocycles. The monoisotopic (exact) mass is 279 g/mol. The zero-order valence-corrected chi connectivity index (χ0v) is 11.8. The Morgan fingerprint density at radius 3 is 2.57 bits per heavy atom.